The second-order valence-corrected chi connectivity index (χ2v) is 6.54. The number of fused-ring (bicyclic) bond motifs is 1. The summed E-state index contributed by atoms with van der Waals surface area (Å²) in [4.78, 5) is 2.28. The average molecular weight is 307 g/mol. The van der Waals surface area contributed by atoms with Crippen molar-refractivity contribution in [2.75, 3.05) is 16.8 Å². The summed E-state index contributed by atoms with van der Waals surface area (Å²) in [6.07, 6.45) is 7.53. The number of anilines is 2. The molecule has 5 heteroatoms. The molecule has 1 saturated heterocycles. The zero-order valence-corrected chi connectivity index (χ0v) is 13.0. The zero-order valence-electron chi connectivity index (χ0n) is 12.1. The van der Waals surface area contributed by atoms with Crippen LogP contribution >= 0.6 is 12.2 Å². The van der Waals surface area contributed by atoms with Crippen LogP contribution in [0.25, 0.3) is 0 Å². The van der Waals surface area contributed by atoms with E-state index < -0.39 is 0 Å². The predicted octanol–water partition coefficient (Wildman–Crippen LogP) is 3.64. The Bertz CT molecular complexity index is 532. The molecule has 3 rings (SSSR count). The van der Waals surface area contributed by atoms with Crippen LogP contribution < -0.4 is 16.0 Å². The average Bonchev–Trinajstić information content (AvgIpc) is 2.46. The lowest BCUT2D eigenvalue weighted by molar-refractivity contribution is 0.242. The monoisotopic (exact) mass is 307 g/mol. The summed E-state index contributed by atoms with van der Waals surface area (Å²) in [5.74, 6) is 0.545. The molecule has 2 fully saturated rings. The van der Waals surface area contributed by atoms with Gasteiger partial charge >= 0.3 is 0 Å². The van der Waals surface area contributed by atoms with Crippen LogP contribution in [0.4, 0.5) is 15.8 Å². The maximum Gasteiger partial charge on any atom is 0.168 e. The van der Waals surface area contributed by atoms with Gasteiger partial charge in [0.15, 0.2) is 5.11 Å². The van der Waals surface area contributed by atoms with Crippen LogP contribution in [0.1, 0.15) is 38.5 Å². The van der Waals surface area contributed by atoms with E-state index in [1.165, 1.54) is 38.2 Å². The van der Waals surface area contributed by atoms with Crippen LogP contribution in [0.3, 0.4) is 0 Å². The number of piperidine rings is 1. The molecular weight excluding hydrogens is 285 g/mol. The van der Waals surface area contributed by atoms with Gasteiger partial charge in [-0.05, 0) is 62.0 Å². The molecule has 0 spiro atoms. The van der Waals surface area contributed by atoms with Crippen molar-refractivity contribution < 1.29 is 4.39 Å². The van der Waals surface area contributed by atoms with Crippen LogP contribution in [0.2, 0.25) is 0 Å². The minimum absolute atomic E-state index is 0.160. The SMILES string of the molecule is NC(=S)Nc1ccc(N2CCCC3CCCCC32)c(F)c1. The van der Waals surface area contributed by atoms with E-state index in [4.69, 9.17) is 18.0 Å². The predicted molar refractivity (Wildman–Crippen MR) is 89.1 cm³/mol. The number of rotatable bonds is 2. The summed E-state index contributed by atoms with van der Waals surface area (Å²) >= 11 is 4.79. The Labute approximate surface area is 130 Å². The number of hydrogen-bond acceptors (Lipinski definition) is 2. The topological polar surface area (TPSA) is 41.3 Å². The normalized spacial score (nSPS) is 25.3. The number of thiocarbonyl (C=S) groups is 1. The molecule has 1 saturated carbocycles. The lowest BCUT2D eigenvalue weighted by atomic mass is 9.78. The van der Waals surface area contributed by atoms with E-state index in [1.807, 2.05) is 12.1 Å². The Morgan fingerprint density at radius 2 is 2.00 bits per heavy atom. The van der Waals surface area contributed by atoms with Crippen molar-refractivity contribution in [2.45, 2.75) is 44.6 Å². The number of nitrogens with one attached hydrogen (secondary N) is 1. The van der Waals surface area contributed by atoms with Gasteiger partial charge in [-0.15, -0.1) is 0 Å². The van der Waals surface area contributed by atoms with E-state index in [-0.39, 0.29) is 10.9 Å². The molecule has 2 atom stereocenters. The maximum atomic E-state index is 14.5. The first-order valence-electron chi connectivity index (χ1n) is 7.78. The largest absolute Gasteiger partial charge is 0.376 e. The van der Waals surface area contributed by atoms with E-state index in [1.54, 1.807) is 0 Å². The third kappa shape index (κ3) is 3.12. The molecule has 0 amide bonds. The van der Waals surface area contributed by atoms with Gasteiger partial charge in [0.05, 0.1) is 5.69 Å². The summed E-state index contributed by atoms with van der Waals surface area (Å²) in [6.45, 7) is 0.958. The van der Waals surface area contributed by atoms with E-state index in [0.29, 0.717) is 11.7 Å². The molecule has 21 heavy (non-hydrogen) atoms. The van der Waals surface area contributed by atoms with E-state index in [2.05, 4.69) is 10.2 Å². The first kappa shape index (κ1) is 14.6. The molecule has 114 valence electrons. The molecule has 1 aliphatic heterocycles. The molecule has 3 nitrogen and oxygen atoms in total. The first-order chi connectivity index (χ1) is 10.1. The van der Waals surface area contributed by atoms with Gasteiger partial charge in [-0.1, -0.05) is 12.8 Å². The summed E-state index contributed by atoms with van der Waals surface area (Å²) < 4.78 is 14.5. The van der Waals surface area contributed by atoms with Gasteiger partial charge in [-0.25, -0.2) is 4.39 Å². The van der Waals surface area contributed by atoms with Crippen molar-refractivity contribution >= 4 is 28.7 Å². The van der Waals surface area contributed by atoms with Crippen molar-refractivity contribution in [1.29, 1.82) is 0 Å². The number of nitrogens with two attached hydrogens (primary N) is 1. The summed E-state index contributed by atoms with van der Waals surface area (Å²) in [7, 11) is 0. The Morgan fingerprint density at radius 1 is 1.24 bits per heavy atom. The highest BCUT2D eigenvalue weighted by Gasteiger charge is 2.34. The lowest BCUT2D eigenvalue weighted by Gasteiger charge is -2.45. The van der Waals surface area contributed by atoms with Crippen molar-refractivity contribution in [1.82, 2.24) is 0 Å². The number of halogens is 1. The van der Waals surface area contributed by atoms with Crippen LogP contribution in [0, 0.1) is 11.7 Å². The second-order valence-electron chi connectivity index (χ2n) is 6.10. The van der Waals surface area contributed by atoms with Crippen molar-refractivity contribution in [3.8, 4) is 0 Å². The minimum atomic E-state index is -0.192. The van der Waals surface area contributed by atoms with Crippen LogP contribution in [-0.2, 0) is 0 Å². The molecule has 0 aromatic heterocycles. The van der Waals surface area contributed by atoms with Gasteiger partial charge in [0.1, 0.15) is 5.82 Å². The van der Waals surface area contributed by atoms with Crippen LogP contribution in [0.5, 0.6) is 0 Å². The van der Waals surface area contributed by atoms with Crippen molar-refractivity contribution in [3.05, 3.63) is 24.0 Å². The highest BCUT2D eigenvalue weighted by atomic mass is 32.1. The van der Waals surface area contributed by atoms with Gasteiger partial charge in [-0.2, -0.15) is 0 Å². The Morgan fingerprint density at radius 3 is 2.76 bits per heavy atom. The molecule has 1 aromatic rings. The molecule has 1 aliphatic carbocycles. The highest BCUT2D eigenvalue weighted by molar-refractivity contribution is 7.80. The van der Waals surface area contributed by atoms with Gasteiger partial charge in [-0.3, -0.25) is 0 Å². The van der Waals surface area contributed by atoms with Crippen LogP contribution in [-0.4, -0.2) is 17.7 Å². The number of nitrogens with zero attached hydrogens (tertiary/aromatic N) is 1. The smallest absolute Gasteiger partial charge is 0.168 e. The first-order valence-corrected chi connectivity index (χ1v) is 8.18. The van der Waals surface area contributed by atoms with E-state index in [9.17, 15) is 4.39 Å². The third-order valence-electron chi connectivity index (χ3n) is 4.77. The van der Waals surface area contributed by atoms with E-state index in [0.717, 1.165) is 24.6 Å². The fourth-order valence-electron chi connectivity index (χ4n) is 3.88. The molecule has 1 aromatic carbocycles. The van der Waals surface area contributed by atoms with Crippen molar-refractivity contribution in [2.24, 2.45) is 11.7 Å². The minimum Gasteiger partial charge on any atom is -0.376 e. The molecule has 2 aliphatic rings. The third-order valence-corrected chi connectivity index (χ3v) is 4.87. The highest BCUT2D eigenvalue weighted by Crippen LogP contribution is 2.38. The van der Waals surface area contributed by atoms with E-state index >= 15 is 0 Å². The van der Waals surface area contributed by atoms with Gasteiger partial charge in [0.25, 0.3) is 0 Å². The maximum absolute atomic E-state index is 14.5. The van der Waals surface area contributed by atoms with Crippen LogP contribution in [0.15, 0.2) is 18.2 Å². The number of benzene rings is 1. The quantitative estimate of drug-likeness (QED) is 0.819. The standard InChI is InChI=1S/C16H22FN3S/c17-13-10-12(19-16(18)21)7-8-15(13)20-9-3-5-11-4-1-2-6-14(11)20/h7-8,10-11,14H,1-6,9H2,(H3,18,19,21). The van der Waals surface area contributed by atoms with Gasteiger partial charge in [0.2, 0.25) is 0 Å². The molecule has 0 radical (unpaired) electrons. The van der Waals surface area contributed by atoms with Gasteiger partial charge in [0, 0.05) is 18.3 Å². The molecular formula is C16H22FN3S. The Balaban J connectivity index is 1.83. The summed E-state index contributed by atoms with van der Waals surface area (Å²) in [6, 6.07) is 5.70. The Kier molecular flexibility index (Phi) is 4.29. The van der Waals surface area contributed by atoms with Gasteiger partial charge < -0.3 is 16.0 Å². The molecule has 3 N–H and O–H groups in total. The molecule has 1 heterocycles. The fraction of sp³-hybridized carbons (Fsp3) is 0.562. The second kappa shape index (κ2) is 6.18. The zero-order chi connectivity index (χ0) is 14.8. The van der Waals surface area contributed by atoms with Crippen molar-refractivity contribution in [3.63, 3.8) is 0 Å². The summed E-state index contributed by atoms with van der Waals surface area (Å²) in [5, 5.41) is 2.94. The molecule has 2 unspecified atom stereocenters. The molecule has 0 bridgehead atoms. The Hall–Kier alpha value is -1.36. The number of hydrogen-bond donors (Lipinski definition) is 2. The lowest BCUT2D eigenvalue weighted by Crippen LogP contribution is -2.47. The fourth-order valence-corrected chi connectivity index (χ4v) is 4.00. The summed E-state index contributed by atoms with van der Waals surface area (Å²) in [5.41, 5.74) is 6.76.